The quantitative estimate of drug-likeness (QED) is 0.601. The first-order valence-corrected chi connectivity index (χ1v) is 8.09. The standard InChI is InChI=1S/C18H14Cl2N2O2/c1-11(21-10-12-2-6-14(19)7-3-12)16-18(23)24-17(22-16)13-4-8-15(20)9-5-13/h2-9,16H,10H2,1H3. The van der Waals surface area contributed by atoms with Crippen LogP contribution in [0.4, 0.5) is 0 Å². The molecule has 1 aliphatic rings. The molecule has 0 amide bonds. The van der Waals surface area contributed by atoms with Crippen LogP contribution in [-0.4, -0.2) is 23.6 Å². The van der Waals surface area contributed by atoms with E-state index in [2.05, 4.69) is 9.98 Å². The lowest BCUT2D eigenvalue weighted by Crippen LogP contribution is -2.23. The highest BCUT2D eigenvalue weighted by Crippen LogP contribution is 2.17. The smallest absolute Gasteiger partial charge is 0.343 e. The van der Waals surface area contributed by atoms with Crippen LogP contribution in [0, 0.1) is 0 Å². The summed E-state index contributed by atoms with van der Waals surface area (Å²) in [5.41, 5.74) is 2.33. The Balaban J connectivity index is 1.75. The van der Waals surface area contributed by atoms with Gasteiger partial charge in [0.05, 0.1) is 6.54 Å². The van der Waals surface area contributed by atoms with Crippen LogP contribution in [0.5, 0.6) is 0 Å². The van der Waals surface area contributed by atoms with E-state index in [0.29, 0.717) is 33.8 Å². The van der Waals surface area contributed by atoms with Crippen molar-refractivity contribution in [2.45, 2.75) is 19.5 Å². The van der Waals surface area contributed by atoms with Gasteiger partial charge in [0.15, 0.2) is 6.04 Å². The Hall–Kier alpha value is -2.17. The number of aliphatic imine (C=N–C) groups is 2. The minimum atomic E-state index is -0.706. The number of esters is 1. The van der Waals surface area contributed by atoms with E-state index in [1.807, 2.05) is 24.3 Å². The summed E-state index contributed by atoms with van der Waals surface area (Å²) in [6, 6.07) is 13.7. The molecule has 2 aromatic rings. The molecule has 6 heteroatoms. The lowest BCUT2D eigenvalue weighted by atomic mass is 10.2. The summed E-state index contributed by atoms with van der Waals surface area (Å²) in [6.07, 6.45) is 0. The maximum Gasteiger partial charge on any atom is 0.343 e. The van der Waals surface area contributed by atoms with Gasteiger partial charge in [-0.2, -0.15) is 0 Å². The average molecular weight is 361 g/mol. The second kappa shape index (κ2) is 7.16. The Morgan fingerprint density at radius 3 is 2.29 bits per heavy atom. The number of carbonyl (C=O) groups excluding carboxylic acids is 1. The molecule has 1 heterocycles. The summed E-state index contributed by atoms with van der Waals surface area (Å²) >= 11 is 11.7. The van der Waals surface area contributed by atoms with Crippen molar-refractivity contribution in [3.63, 3.8) is 0 Å². The van der Waals surface area contributed by atoms with Crippen molar-refractivity contribution in [3.8, 4) is 0 Å². The average Bonchev–Trinajstić information content (AvgIpc) is 2.96. The maximum atomic E-state index is 12.1. The van der Waals surface area contributed by atoms with E-state index in [1.165, 1.54) is 0 Å². The first kappa shape index (κ1) is 16.7. The molecule has 0 aliphatic carbocycles. The van der Waals surface area contributed by atoms with E-state index in [0.717, 1.165) is 5.56 Å². The summed E-state index contributed by atoms with van der Waals surface area (Å²) < 4.78 is 5.26. The number of nitrogens with zero attached hydrogens (tertiary/aromatic N) is 2. The molecule has 24 heavy (non-hydrogen) atoms. The largest absolute Gasteiger partial charge is 0.405 e. The van der Waals surface area contributed by atoms with Crippen molar-refractivity contribution in [3.05, 3.63) is 69.7 Å². The number of halogens is 2. The molecule has 0 saturated heterocycles. The molecule has 0 aromatic heterocycles. The van der Waals surface area contributed by atoms with Crippen LogP contribution in [0.15, 0.2) is 58.5 Å². The normalized spacial score (nSPS) is 17.6. The first-order chi connectivity index (χ1) is 11.5. The highest BCUT2D eigenvalue weighted by Gasteiger charge is 2.31. The molecule has 1 aliphatic heterocycles. The van der Waals surface area contributed by atoms with Gasteiger partial charge in [-0.25, -0.2) is 9.79 Å². The molecular weight excluding hydrogens is 347 g/mol. The topological polar surface area (TPSA) is 51.0 Å². The molecule has 0 spiro atoms. The maximum absolute atomic E-state index is 12.1. The van der Waals surface area contributed by atoms with Gasteiger partial charge in [-0.3, -0.25) is 4.99 Å². The molecule has 4 nitrogen and oxygen atoms in total. The number of hydrogen-bond acceptors (Lipinski definition) is 4. The molecular formula is C18H14Cl2N2O2. The van der Waals surface area contributed by atoms with Crippen molar-refractivity contribution in [2.24, 2.45) is 9.98 Å². The van der Waals surface area contributed by atoms with E-state index >= 15 is 0 Å². The fourth-order valence-electron chi connectivity index (χ4n) is 2.23. The van der Waals surface area contributed by atoms with Gasteiger partial charge in [0.2, 0.25) is 5.90 Å². The van der Waals surface area contributed by atoms with Gasteiger partial charge in [-0.05, 0) is 48.9 Å². The first-order valence-electron chi connectivity index (χ1n) is 7.34. The van der Waals surface area contributed by atoms with Crippen molar-refractivity contribution in [1.82, 2.24) is 0 Å². The predicted molar refractivity (Wildman–Crippen MR) is 96.1 cm³/mol. The number of cyclic esters (lactones) is 1. The monoisotopic (exact) mass is 360 g/mol. The third kappa shape index (κ3) is 3.83. The molecule has 3 rings (SSSR count). The van der Waals surface area contributed by atoms with Gasteiger partial charge in [-0.15, -0.1) is 0 Å². The van der Waals surface area contributed by atoms with Crippen LogP contribution in [0.25, 0.3) is 0 Å². The minimum Gasteiger partial charge on any atom is -0.405 e. The minimum absolute atomic E-state index is 0.294. The molecule has 122 valence electrons. The number of benzene rings is 2. The molecule has 0 fully saturated rings. The van der Waals surface area contributed by atoms with E-state index in [1.54, 1.807) is 31.2 Å². The molecule has 1 unspecified atom stereocenters. The van der Waals surface area contributed by atoms with Crippen molar-refractivity contribution in [1.29, 1.82) is 0 Å². The Morgan fingerprint density at radius 1 is 1.08 bits per heavy atom. The van der Waals surface area contributed by atoms with Crippen molar-refractivity contribution >= 4 is 40.8 Å². The van der Waals surface area contributed by atoms with E-state index in [-0.39, 0.29) is 0 Å². The van der Waals surface area contributed by atoms with Gasteiger partial charge < -0.3 is 4.74 Å². The number of ether oxygens (including phenoxy) is 1. The predicted octanol–water partition coefficient (Wildman–Crippen LogP) is 4.33. The highest BCUT2D eigenvalue weighted by molar-refractivity contribution is 6.31. The fourth-order valence-corrected chi connectivity index (χ4v) is 2.48. The van der Waals surface area contributed by atoms with Crippen LogP contribution in [0.1, 0.15) is 18.1 Å². The molecule has 0 radical (unpaired) electrons. The third-order valence-electron chi connectivity index (χ3n) is 3.58. The molecule has 0 N–H and O–H groups in total. The fraction of sp³-hybridized carbons (Fsp3) is 0.167. The third-order valence-corrected chi connectivity index (χ3v) is 4.08. The molecule has 2 aromatic carbocycles. The van der Waals surface area contributed by atoms with Crippen molar-refractivity contribution in [2.75, 3.05) is 0 Å². The van der Waals surface area contributed by atoms with Crippen LogP contribution in [-0.2, 0) is 16.1 Å². The van der Waals surface area contributed by atoms with Gasteiger partial charge in [-0.1, -0.05) is 35.3 Å². The molecule has 0 saturated carbocycles. The Bertz CT molecular complexity index is 812. The van der Waals surface area contributed by atoms with E-state index in [4.69, 9.17) is 27.9 Å². The molecule has 1 atom stereocenters. The summed E-state index contributed by atoms with van der Waals surface area (Å²) in [4.78, 5) is 20.8. The summed E-state index contributed by atoms with van der Waals surface area (Å²) in [5.74, 6) is -0.125. The van der Waals surface area contributed by atoms with E-state index < -0.39 is 12.0 Å². The van der Waals surface area contributed by atoms with Gasteiger partial charge in [0.25, 0.3) is 0 Å². The highest BCUT2D eigenvalue weighted by atomic mass is 35.5. The van der Waals surface area contributed by atoms with Crippen LogP contribution < -0.4 is 0 Å². The lowest BCUT2D eigenvalue weighted by Gasteiger charge is -2.03. The zero-order chi connectivity index (χ0) is 17.1. The van der Waals surface area contributed by atoms with Gasteiger partial charge in [0.1, 0.15) is 0 Å². The van der Waals surface area contributed by atoms with Gasteiger partial charge in [0, 0.05) is 21.3 Å². The number of carbonyl (C=O) groups is 1. The van der Waals surface area contributed by atoms with Crippen LogP contribution in [0.2, 0.25) is 10.0 Å². The Labute approximate surface area is 149 Å². The second-order valence-electron chi connectivity index (χ2n) is 5.35. The second-order valence-corrected chi connectivity index (χ2v) is 6.22. The lowest BCUT2D eigenvalue weighted by molar-refractivity contribution is -0.133. The SMILES string of the molecule is CC(=NCc1ccc(Cl)cc1)C1N=C(c2ccc(Cl)cc2)OC1=O. The van der Waals surface area contributed by atoms with Crippen LogP contribution in [0.3, 0.4) is 0 Å². The number of rotatable bonds is 4. The van der Waals surface area contributed by atoms with Crippen LogP contribution >= 0.6 is 23.2 Å². The summed E-state index contributed by atoms with van der Waals surface area (Å²) in [6.45, 7) is 2.23. The Morgan fingerprint density at radius 2 is 1.67 bits per heavy atom. The zero-order valence-electron chi connectivity index (χ0n) is 12.9. The zero-order valence-corrected chi connectivity index (χ0v) is 14.4. The van der Waals surface area contributed by atoms with Crippen molar-refractivity contribution < 1.29 is 9.53 Å². The van der Waals surface area contributed by atoms with E-state index in [9.17, 15) is 4.79 Å². The summed E-state index contributed by atoms with van der Waals surface area (Å²) in [5, 5.41) is 1.29. The Kier molecular flexibility index (Phi) is 4.97. The summed E-state index contributed by atoms with van der Waals surface area (Å²) in [7, 11) is 0. The van der Waals surface area contributed by atoms with Gasteiger partial charge >= 0.3 is 5.97 Å². The number of hydrogen-bond donors (Lipinski definition) is 0. The molecule has 0 bridgehead atoms.